The summed E-state index contributed by atoms with van der Waals surface area (Å²) in [5.41, 5.74) is 2.02. The summed E-state index contributed by atoms with van der Waals surface area (Å²) in [7, 11) is -10.2. The molecule has 4 aromatic carbocycles. The van der Waals surface area contributed by atoms with E-state index >= 15 is 0 Å². The predicted octanol–water partition coefficient (Wildman–Crippen LogP) is 2.37. The summed E-state index contributed by atoms with van der Waals surface area (Å²) in [4.78, 5) is 42.2. The Bertz CT molecular complexity index is 2910. The van der Waals surface area contributed by atoms with Crippen molar-refractivity contribution < 1.29 is 35.4 Å². The minimum atomic E-state index is -5.10. The van der Waals surface area contributed by atoms with E-state index < -0.39 is 30.0 Å². The lowest BCUT2D eigenvalue weighted by molar-refractivity contribution is 0.122. The summed E-state index contributed by atoms with van der Waals surface area (Å²) in [6.07, 6.45) is 2.45. The molecule has 8 rings (SSSR count). The van der Waals surface area contributed by atoms with Crippen molar-refractivity contribution in [3.63, 3.8) is 0 Å². The van der Waals surface area contributed by atoms with Crippen LogP contribution >= 0.6 is 0 Å². The van der Waals surface area contributed by atoms with E-state index in [-0.39, 0.29) is 45.0 Å². The summed E-state index contributed by atoms with van der Waals surface area (Å²) in [6.45, 7) is 4.15. The molecule has 0 amide bonds. The maximum Gasteiger partial charge on any atom is 0.233 e. The molecule has 2 saturated heterocycles. The van der Waals surface area contributed by atoms with Gasteiger partial charge in [0.05, 0.1) is 59.0 Å². The average molecular weight is 879 g/mol. The lowest BCUT2D eigenvalue weighted by atomic mass is 10.1. The lowest BCUT2D eigenvalue weighted by Gasteiger charge is -2.26. The highest BCUT2D eigenvalue weighted by atomic mass is 32.2. The van der Waals surface area contributed by atoms with E-state index in [0.29, 0.717) is 75.9 Å². The number of nitrogens with zero attached hydrogens (tertiary/aromatic N) is 8. The molecule has 2 aliphatic rings. The summed E-state index contributed by atoms with van der Waals surface area (Å²) in [6, 6.07) is 26.0. The Morgan fingerprint density at radius 2 is 0.903 bits per heavy atom. The van der Waals surface area contributed by atoms with Gasteiger partial charge in [-0.25, -0.2) is 36.8 Å². The number of hydrogen-bond acceptors (Lipinski definition) is 16. The molecule has 0 aliphatic carbocycles. The lowest BCUT2D eigenvalue weighted by Crippen LogP contribution is -2.40. The first-order valence-electron chi connectivity index (χ1n) is 19.2. The Morgan fingerprint density at radius 1 is 0.516 bits per heavy atom. The Morgan fingerprint density at radius 3 is 1.27 bits per heavy atom. The van der Waals surface area contributed by atoms with Crippen LogP contribution in [0.25, 0.3) is 12.2 Å². The van der Waals surface area contributed by atoms with Crippen LogP contribution in [0.3, 0.4) is 0 Å². The van der Waals surface area contributed by atoms with Gasteiger partial charge < -0.3 is 28.4 Å². The number of hydrogen-bond donors (Lipinski definition) is 4. The monoisotopic (exact) mass is 878 g/mol. The third kappa shape index (κ3) is 10.7. The molecule has 20 nitrogen and oxygen atoms in total. The number of H-pyrrole nitrogens is 4. The second kappa shape index (κ2) is 18.4. The van der Waals surface area contributed by atoms with Gasteiger partial charge in [-0.05, 0) is 59.7 Å². The van der Waals surface area contributed by atoms with Crippen molar-refractivity contribution in [2.75, 3.05) is 62.4 Å². The van der Waals surface area contributed by atoms with Crippen molar-refractivity contribution in [2.45, 2.75) is 9.79 Å². The van der Waals surface area contributed by atoms with Gasteiger partial charge in [0, 0.05) is 26.2 Å². The van der Waals surface area contributed by atoms with E-state index in [1.54, 1.807) is 24.3 Å². The highest BCUT2D eigenvalue weighted by Gasteiger charge is 2.16. The largest absolute Gasteiger partial charge is 0.744 e. The maximum atomic E-state index is 12.6. The molecule has 62 heavy (non-hydrogen) atoms. The van der Waals surface area contributed by atoms with Crippen LogP contribution in [0.2, 0.25) is 0 Å². The molecule has 2 aromatic heterocycles. The van der Waals surface area contributed by atoms with Crippen LogP contribution in [0.1, 0.15) is 11.1 Å². The van der Waals surface area contributed by atoms with Crippen LogP contribution in [-0.2, 0) is 29.7 Å². The first-order valence-corrected chi connectivity index (χ1v) is 22.0. The number of aromatic amines is 4. The van der Waals surface area contributed by atoms with Gasteiger partial charge in [-0.2, -0.15) is 9.97 Å². The third-order valence-electron chi connectivity index (χ3n) is 9.41. The fraction of sp³-hybridized carbons (Fsp3) is 0.200. The van der Waals surface area contributed by atoms with Gasteiger partial charge in [-0.15, -0.1) is 0 Å². The zero-order valence-electron chi connectivity index (χ0n) is 32.7. The molecule has 0 saturated carbocycles. The van der Waals surface area contributed by atoms with Crippen LogP contribution in [0, 0.1) is 0 Å². The van der Waals surface area contributed by atoms with Crippen molar-refractivity contribution in [3.05, 3.63) is 131 Å². The van der Waals surface area contributed by atoms with E-state index in [1.165, 1.54) is 36.4 Å². The number of benzene rings is 4. The highest BCUT2D eigenvalue weighted by molar-refractivity contribution is 7.86. The molecule has 0 unspecified atom stereocenters. The summed E-state index contributed by atoms with van der Waals surface area (Å²) >= 11 is 0. The normalized spacial score (nSPS) is 16.4. The van der Waals surface area contributed by atoms with Gasteiger partial charge in [0.15, 0.2) is 0 Å². The first kappa shape index (κ1) is 41.9. The number of para-hydroxylation sites is 2. The predicted molar refractivity (Wildman–Crippen MR) is 223 cm³/mol. The molecular weight excluding hydrogens is 841 g/mol. The maximum absolute atomic E-state index is 12.6. The number of rotatable bonds is 10. The van der Waals surface area contributed by atoms with Crippen molar-refractivity contribution in [1.29, 1.82) is 0 Å². The zero-order chi connectivity index (χ0) is 43.1. The summed E-state index contributed by atoms with van der Waals surface area (Å²) in [5.74, 6) is 0.885. The number of morpholine rings is 2. The second-order valence-corrected chi connectivity index (χ2v) is 16.4. The Hall–Kier alpha value is -6.82. The van der Waals surface area contributed by atoms with Gasteiger partial charge in [0.2, 0.25) is 34.4 Å². The Labute approximate surface area is 354 Å². The molecule has 2 aliphatic heterocycles. The molecule has 0 atom stereocenters. The number of aromatic nitrogens is 6. The molecule has 4 heterocycles. The van der Waals surface area contributed by atoms with Crippen LogP contribution in [0.5, 0.6) is 0 Å². The fourth-order valence-electron chi connectivity index (χ4n) is 6.45. The van der Waals surface area contributed by atoms with Crippen molar-refractivity contribution >= 4 is 67.0 Å². The van der Waals surface area contributed by atoms with Gasteiger partial charge in [-0.1, -0.05) is 60.7 Å². The Kier molecular flexibility index (Phi) is 12.5. The minimum absolute atomic E-state index is 0.0789. The van der Waals surface area contributed by atoms with Crippen molar-refractivity contribution in [3.8, 4) is 0 Å². The molecule has 320 valence electrons. The first-order chi connectivity index (χ1) is 29.9. The molecule has 0 bridgehead atoms. The standard InChI is InChI=1S/C40H40N12O8S2/c53-61(54,55)33-25-31(43-37-45-35(41-29-7-3-1-4-8-29)47-39(49-37)51-17-21-59-22-18-51)15-13-27(33)11-12-28-14-16-32(26-34(28)62(56,57)58)44-38-46-36(42-30-9-5-2-6-10-30)48-40(50-38)52-19-23-60-24-20-52/h1-16,25-26H,17-24H2,(H,53,54,55)(H,56,57,58)(H2,41,43,45,47,49)(H2,42,44,46,48,50)/p-2/b12-11+. The van der Waals surface area contributed by atoms with E-state index in [0.717, 1.165) is 12.1 Å². The number of nitrogens with one attached hydrogen (secondary N) is 4. The summed E-state index contributed by atoms with van der Waals surface area (Å²) < 4.78 is 86.6. The van der Waals surface area contributed by atoms with Crippen LogP contribution < -0.4 is 32.3 Å². The molecule has 0 radical (unpaired) electrons. The summed E-state index contributed by atoms with van der Waals surface area (Å²) in [5, 5.41) is 0. The zero-order valence-corrected chi connectivity index (χ0v) is 34.3. The van der Waals surface area contributed by atoms with Crippen molar-refractivity contribution in [2.24, 2.45) is 20.0 Å². The molecule has 22 heteroatoms. The molecule has 6 aromatic rings. The molecular formula is C40H38N12O8S2-2. The SMILES string of the molecule is O=S(=O)([O-])c1cc(N=c2[nH]c(N3CCOCC3)nc(=Nc3ccccc3)[nH]2)ccc1/C=C/c1ccc(N=c2[nH]c(N3CCOCC3)nc(=Nc3ccccc3)[nH]2)cc1S(=O)(=O)[O-]. The quantitative estimate of drug-likeness (QED) is 0.114. The smallest absolute Gasteiger partial charge is 0.233 e. The second-order valence-electron chi connectivity index (χ2n) is 13.7. The van der Waals surface area contributed by atoms with Gasteiger partial charge >= 0.3 is 0 Å². The van der Waals surface area contributed by atoms with Gasteiger partial charge in [-0.3, -0.25) is 19.9 Å². The van der Waals surface area contributed by atoms with Gasteiger partial charge in [0.25, 0.3) is 0 Å². The average Bonchev–Trinajstić information content (AvgIpc) is 3.27. The molecule has 0 spiro atoms. The van der Waals surface area contributed by atoms with E-state index in [2.05, 4.69) is 49.9 Å². The third-order valence-corrected chi connectivity index (χ3v) is 11.2. The van der Waals surface area contributed by atoms with E-state index in [9.17, 15) is 25.9 Å². The minimum Gasteiger partial charge on any atom is -0.744 e. The van der Waals surface area contributed by atoms with Crippen molar-refractivity contribution in [1.82, 2.24) is 29.9 Å². The van der Waals surface area contributed by atoms with E-state index in [1.807, 2.05) is 46.2 Å². The van der Waals surface area contributed by atoms with Crippen LogP contribution in [0.15, 0.2) is 127 Å². The molecule has 4 N–H and O–H groups in total. The molecule has 2 fully saturated rings. The number of ether oxygens (including phenoxy) is 2. The Balaban J connectivity index is 1.15. The van der Waals surface area contributed by atoms with E-state index in [4.69, 9.17) is 9.47 Å². The van der Waals surface area contributed by atoms with Gasteiger partial charge in [0.1, 0.15) is 20.2 Å². The fourth-order valence-corrected chi connectivity index (χ4v) is 7.83. The number of anilines is 2. The van der Waals surface area contributed by atoms with Crippen LogP contribution in [-0.4, -0.2) is 108 Å². The van der Waals surface area contributed by atoms with Crippen LogP contribution in [0.4, 0.5) is 34.6 Å². The highest BCUT2D eigenvalue weighted by Crippen LogP contribution is 2.27. The topological polar surface area (TPSA) is 278 Å².